The Labute approximate surface area is 78.7 Å². The van der Waals surface area contributed by atoms with Crippen LogP contribution in [0.2, 0.25) is 0 Å². The molecule has 0 aliphatic carbocycles. The summed E-state index contributed by atoms with van der Waals surface area (Å²) in [5, 5.41) is 6.23. The molecular formula is C9H17N3O. The summed E-state index contributed by atoms with van der Waals surface area (Å²) in [6.45, 7) is 4.62. The predicted octanol–water partition coefficient (Wildman–Crippen LogP) is 0.152. The number of nitrogens with one attached hydrogen (secondary N) is 2. The van der Waals surface area contributed by atoms with Crippen molar-refractivity contribution in [1.29, 1.82) is 0 Å². The molecule has 0 aromatic carbocycles. The summed E-state index contributed by atoms with van der Waals surface area (Å²) < 4.78 is 0. The van der Waals surface area contributed by atoms with Gasteiger partial charge in [-0.1, -0.05) is 0 Å². The van der Waals surface area contributed by atoms with Crippen molar-refractivity contribution >= 4 is 6.03 Å². The Bertz CT molecular complexity index is 191. The van der Waals surface area contributed by atoms with E-state index in [9.17, 15) is 4.79 Å². The van der Waals surface area contributed by atoms with Crippen LogP contribution in [0.1, 0.15) is 19.8 Å². The third-order valence-electron chi connectivity index (χ3n) is 2.94. The highest BCUT2D eigenvalue weighted by molar-refractivity contribution is 5.75. The van der Waals surface area contributed by atoms with E-state index in [4.69, 9.17) is 0 Å². The first-order valence-electron chi connectivity index (χ1n) is 5.09. The van der Waals surface area contributed by atoms with Crippen LogP contribution >= 0.6 is 0 Å². The Morgan fingerprint density at radius 3 is 2.62 bits per heavy atom. The zero-order valence-corrected chi connectivity index (χ0v) is 8.05. The number of piperazine rings is 1. The first-order chi connectivity index (χ1) is 6.33. The van der Waals surface area contributed by atoms with E-state index in [-0.39, 0.29) is 6.03 Å². The molecule has 0 radical (unpaired) electrons. The maximum Gasteiger partial charge on any atom is 0.317 e. The van der Waals surface area contributed by atoms with Gasteiger partial charge in [-0.15, -0.1) is 0 Å². The van der Waals surface area contributed by atoms with Crippen LogP contribution in [0.5, 0.6) is 0 Å². The summed E-state index contributed by atoms with van der Waals surface area (Å²) >= 11 is 0. The van der Waals surface area contributed by atoms with Crippen LogP contribution in [-0.4, -0.2) is 42.6 Å². The van der Waals surface area contributed by atoms with E-state index in [1.165, 1.54) is 0 Å². The van der Waals surface area contributed by atoms with Gasteiger partial charge in [-0.25, -0.2) is 4.79 Å². The highest BCUT2D eigenvalue weighted by Gasteiger charge is 2.39. The fourth-order valence-electron chi connectivity index (χ4n) is 2.35. The zero-order chi connectivity index (χ0) is 9.26. The van der Waals surface area contributed by atoms with Gasteiger partial charge in [0.2, 0.25) is 0 Å². The molecule has 2 aliphatic heterocycles. The maximum atomic E-state index is 11.6. The quantitative estimate of drug-likeness (QED) is 0.608. The third kappa shape index (κ3) is 1.50. The summed E-state index contributed by atoms with van der Waals surface area (Å²) in [6, 6.07) is 0.993. The molecule has 2 amide bonds. The first-order valence-corrected chi connectivity index (χ1v) is 5.09. The Morgan fingerprint density at radius 2 is 2.08 bits per heavy atom. The lowest BCUT2D eigenvalue weighted by atomic mass is 10.2. The predicted molar refractivity (Wildman–Crippen MR) is 50.6 cm³/mol. The Balaban J connectivity index is 2.02. The van der Waals surface area contributed by atoms with Crippen molar-refractivity contribution in [1.82, 2.24) is 15.5 Å². The highest BCUT2D eigenvalue weighted by Crippen LogP contribution is 2.26. The van der Waals surface area contributed by atoms with Crippen LogP contribution in [0.3, 0.4) is 0 Å². The van der Waals surface area contributed by atoms with E-state index in [0.717, 1.165) is 32.5 Å². The Kier molecular flexibility index (Phi) is 2.40. The van der Waals surface area contributed by atoms with Crippen LogP contribution < -0.4 is 10.6 Å². The van der Waals surface area contributed by atoms with E-state index in [1.807, 2.05) is 11.8 Å². The molecule has 2 atom stereocenters. The lowest BCUT2D eigenvalue weighted by molar-refractivity contribution is 0.155. The molecule has 74 valence electrons. The number of rotatable bonds is 1. The van der Waals surface area contributed by atoms with Gasteiger partial charge in [-0.05, 0) is 19.8 Å². The molecule has 2 aliphatic rings. The van der Waals surface area contributed by atoms with Crippen LogP contribution in [0.4, 0.5) is 4.79 Å². The molecule has 2 rings (SSSR count). The van der Waals surface area contributed by atoms with Gasteiger partial charge in [0, 0.05) is 31.7 Å². The van der Waals surface area contributed by atoms with Gasteiger partial charge in [0.25, 0.3) is 0 Å². The van der Waals surface area contributed by atoms with Crippen molar-refractivity contribution in [2.45, 2.75) is 31.8 Å². The van der Waals surface area contributed by atoms with Crippen molar-refractivity contribution in [3.8, 4) is 0 Å². The summed E-state index contributed by atoms with van der Waals surface area (Å²) in [5.74, 6) is 0. The standard InChI is InChI=1S/C9H17N3O/c1-2-11-9(13)12-7-3-4-8(12)6-10-5-7/h7-8,10H,2-6H2,1H3,(H,11,13). The molecule has 4 heteroatoms. The molecule has 2 bridgehead atoms. The van der Waals surface area contributed by atoms with Gasteiger partial charge in [0.05, 0.1) is 0 Å². The molecule has 2 unspecified atom stereocenters. The van der Waals surface area contributed by atoms with Gasteiger partial charge in [-0.3, -0.25) is 0 Å². The number of urea groups is 1. The van der Waals surface area contributed by atoms with Gasteiger partial charge in [0.1, 0.15) is 0 Å². The van der Waals surface area contributed by atoms with Crippen molar-refractivity contribution in [2.75, 3.05) is 19.6 Å². The summed E-state index contributed by atoms with van der Waals surface area (Å²) in [7, 11) is 0. The summed E-state index contributed by atoms with van der Waals surface area (Å²) in [5.41, 5.74) is 0. The Morgan fingerprint density at radius 1 is 1.46 bits per heavy atom. The van der Waals surface area contributed by atoms with Gasteiger partial charge in [-0.2, -0.15) is 0 Å². The van der Waals surface area contributed by atoms with Crippen molar-refractivity contribution < 1.29 is 4.79 Å². The number of carbonyl (C=O) groups excluding carboxylic acids is 1. The number of nitrogens with zero attached hydrogens (tertiary/aromatic N) is 1. The fourth-order valence-corrected chi connectivity index (χ4v) is 2.35. The van der Waals surface area contributed by atoms with E-state index in [1.54, 1.807) is 0 Å². The van der Waals surface area contributed by atoms with E-state index < -0.39 is 0 Å². The van der Waals surface area contributed by atoms with E-state index in [0.29, 0.717) is 12.1 Å². The van der Waals surface area contributed by atoms with Crippen LogP contribution in [-0.2, 0) is 0 Å². The fraction of sp³-hybridized carbons (Fsp3) is 0.889. The Hall–Kier alpha value is -0.770. The van der Waals surface area contributed by atoms with E-state index in [2.05, 4.69) is 10.6 Å². The third-order valence-corrected chi connectivity index (χ3v) is 2.94. The minimum atomic E-state index is 0.122. The monoisotopic (exact) mass is 183 g/mol. The first kappa shape index (κ1) is 8.81. The number of amides is 2. The lowest BCUT2D eigenvalue weighted by Crippen LogP contribution is -2.56. The molecule has 0 aromatic rings. The van der Waals surface area contributed by atoms with Crippen molar-refractivity contribution in [2.24, 2.45) is 0 Å². The average Bonchev–Trinajstić information content (AvgIpc) is 2.37. The van der Waals surface area contributed by atoms with Crippen molar-refractivity contribution in [3.05, 3.63) is 0 Å². The highest BCUT2D eigenvalue weighted by atomic mass is 16.2. The molecule has 2 fully saturated rings. The molecule has 2 saturated heterocycles. The topological polar surface area (TPSA) is 44.4 Å². The minimum absolute atomic E-state index is 0.122. The number of hydrogen-bond acceptors (Lipinski definition) is 2. The largest absolute Gasteiger partial charge is 0.338 e. The molecule has 0 spiro atoms. The molecule has 0 saturated carbocycles. The maximum absolute atomic E-state index is 11.6. The summed E-state index contributed by atoms with van der Waals surface area (Å²) in [6.07, 6.45) is 2.32. The van der Waals surface area contributed by atoms with Gasteiger partial charge in [0.15, 0.2) is 0 Å². The zero-order valence-electron chi connectivity index (χ0n) is 8.05. The molecular weight excluding hydrogens is 166 g/mol. The molecule has 4 nitrogen and oxygen atoms in total. The van der Waals surface area contributed by atoms with Crippen LogP contribution in [0.25, 0.3) is 0 Å². The minimum Gasteiger partial charge on any atom is -0.338 e. The molecule has 13 heavy (non-hydrogen) atoms. The second kappa shape index (κ2) is 3.54. The molecule has 2 N–H and O–H groups in total. The number of fused-ring (bicyclic) bond motifs is 2. The van der Waals surface area contributed by atoms with Crippen molar-refractivity contribution in [3.63, 3.8) is 0 Å². The van der Waals surface area contributed by atoms with Gasteiger partial charge < -0.3 is 15.5 Å². The average molecular weight is 183 g/mol. The normalized spacial score (nSPS) is 31.9. The number of carbonyl (C=O) groups is 1. The smallest absolute Gasteiger partial charge is 0.317 e. The number of hydrogen-bond donors (Lipinski definition) is 2. The van der Waals surface area contributed by atoms with E-state index >= 15 is 0 Å². The van der Waals surface area contributed by atoms with Gasteiger partial charge >= 0.3 is 6.03 Å². The molecule has 2 heterocycles. The summed E-state index contributed by atoms with van der Waals surface area (Å²) in [4.78, 5) is 13.7. The van der Waals surface area contributed by atoms with Crippen LogP contribution in [0.15, 0.2) is 0 Å². The molecule has 0 aromatic heterocycles. The van der Waals surface area contributed by atoms with Crippen LogP contribution in [0, 0.1) is 0 Å². The second-order valence-electron chi connectivity index (χ2n) is 3.79. The SMILES string of the molecule is CCNC(=O)N1C2CCC1CNC2. The second-order valence-corrected chi connectivity index (χ2v) is 3.79. The lowest BCUT2D eigenvalue weighted by Gasteiger charge is -2.35.